The van der Waals surface area contributed by atoms with Gasteiger partial charge in [0.15, 0.2) is 0 Å². The van der Waals surface area contributed by atoms with Crippen molar-refractivity contribution in [2.24, 2.45) is 0 Å². The van der Waals surface area contributed by atoms with Crippen molar-refractivity contribution in [1.82, 2.24) is 10.3 Å². The van der Waals surface area contributed by atoms with Gasteiger partial charge in [-0.2, -0.15) is 0 Å². The normalized spacial score (nSPS) is 11.3. The smallest absolute Gasteiger partial charge is 0.221 e. The lowest BCUT2D eigenvalue weighted by Crippen LogP contribution is -2.41. The number of nitrogens with zero attached hydrogens (tertiary/aromatic N) is 1. The number of rotatable bonds is 6. The molecule has 0 aliphatic carbocycles. The van der Waals surface area contributed by atoms with Crippen LogP contribution in [0.2, 0.25) is 0 Å². The number of nitrogens with one attached hydrogen (secondary N) is 1. The standard InChI is InChI=1S/C23H24N2O/c1-23(2,20-13-15-24-16-14-20)25-22(26)17-21(18-9-5-3-6-10-18)19-11-7-4-8-12-19/h3-16,21H,17H2,1-2H3,(H,25,26). The summed E-state index contributed by atoms with van der Waals surface area (Å²) in [6.45, 7) is 4.03. The minimum Gasteiger partial charge on any atom is -0.347 e. The van der Waals surface area contributed by atoms with E-state index in [-0.39, 0.29) is 11.8 Å². The lowest BCUT2D eigenvalue weighted by atomic mass is 9.87. The Morgan fingerprint density at radius 3 is 1.88 bits per heavy atom. The minimum absolute atomic E-state index is 0.0320. The van der Waals surface area contributed by atoms with E-state index in [1.807, 2.05) is 62.4 Å². The predicted molar refractivity (Wildman–Crippen MR) is 105 cm³/mol. The average molecular weight is 344 g/mol. The molecular weight excluding hydrogens is 320 g/mol. The van der Waals surface area contributed by atoms with Gasteiger partial charge in [-0.3, -0.25) is 9.78 Å². The number of aromatic nitrogens is 1. The number of carbonyl (C=O) groups is 1. The van der Waals surface area contributed by atoms with Crippen LogP contribution in [0.1, 0.15) is 42.9 Å². The van der Waals surface area contributed by atoms with E-state index in [1.54, 1.807) is 12.4 Å². The second-order valence-corrected chi connectivity index (χ2v) is 6.99. The third-order valence-electron chi connectivity index (χ3n) is 4.65. The fourth-order valence-electron chi connectivity index (χ4n) is 3.22. The van der Waals surface area contributed by atoms with E-state index < -0.39 is 5.54 Å². The summed E-state index contributed by atoms with van der Waals surface area (Å²) in [6, 6.07) is 24.3. The molecule has 3 heteroatoms. The van der Waals surface area contributed by atoms with E-state index >= 15 is 0 Å². The zero-order valence-electron chi connectivity index (χ0n) is 15.2. The van der Waals surface area contributed by atoms with Crippen LogP contribution in [-0.2, 0) is 10.3 Å². The van der Waals surface area contributed by atoms with Crippen LogP contribution in [0.5, 0.6) is 0 Å². The van der Waals surface area contributed by atoms with E-state index in [0.29, 0.717) is 6.42 Å². The van der Waals surface area contributed by atoms with E-state index in [2.05, 4.69) is 34.6 Å². The molecule has 0 saturated carbocycles. The quantitative estimate of drug-likeness (QED) is 0.707. The summed E-state index contributed by atoms with van der Waals surface area (Å²) in [5.74, 6) is 0.0650. The van der Waals surface area contributed by atoms with Gasteiger partial charge in [0.2, 0.25) is 5.91 Å². The third kappa shape index (κ3) is 4.37. The van der Waals surface area contributed by atoms with Gasteiger partial charge in [0.25, 0.3) is 0 Å². The lowest BCUT2D eigenvalue weighted by Gasteiger charge is -2.28. The van der Waals surface area contributed by atoms with Gasteiger partial charge in [-0.05, 0) is 42.7 Å². The van der Waals surface area contributed by atoms with Crippen LogP contribution in [0.15, 0.2) is 85.2 Å². The van der Waals surface area contributed by atoms with E-state index in [9.17, 15) is 4.79 Å². The van der Waals surface area contributed by atoms with Crippen LogP contribution >= 0.6 is 0 Å². The van der Waals surface area contributed by atoms with Gasteiger partial charge < -0.3 is 5.32 Å². The van der Waals surface area contributed by atoms with Crippen molar-refractivity contribution in [2.45, 2.75) is 31.7 Å². The molecule has 0 fully saturated rings. The van der Waals surface area contributed by atoms with Crippen molar-refractivity contribution in [1.29, 1.82) is 0 Å². The number of hydrogen-bond acceptors (Lipinski definition) is 2. The zero-order valence-corrected chi connectivity index (χ0v) is 15.2. The first kappa shape index (κ1) is 17.9. The van der Waals surface area contributed by atoms with Crippen molar-refractivity contribution < 1.29 is 4.79 Å². The number of pyridine rings is 1. The van der Waals surface area contributed by atoms with Gasteiger partial charge in [0.05, 0.1) is 5.54 Å². The molecule has 0 unspecified atom stereocenters. The molecule has 0 bridgehead atoms. The SMILES string of the molecule is CC(C)(NC(=O)CC(c1ccccc1)c1ccccc1)c1ccncc1. The monoisotopic (exact) mass is 344 g/mol. The van der Waals surface area contributed by atoms with Crippen molar-refractivity contribution in [3.63, 3.8) is 0 Å². The molecule has 0 spiro atoms. The van der Waals surface area contributed by atoms with Crippen LogP contribution in [0.4, 0.5) is 0 Å². The van der Waals surface area contributed by atoms with E-state index in [4.69, 9.17) is 0 Å². The third-order valence-corrected chi connectivity index (χ3v) is 4.65. The van der Waals surface area contributed by atoms with Gasteiger partial charge in [-0.15, -0.1) is 0 Å². The van der Waals surface area contributed by atoms with Gasteiger partial charge >= 0.3 is 0 Å². The lowest BCUT2D eigenvalue weighted by molar-refractivity contribution is -0.123. The molecule has 3 aromatic rings. The highest BCUT2D eigenvalue weighted by Crippen LogP contribution is 2.28. The summed E-state index contributed by atoms with van der Waals surface area (Å²) in [5.41, 5.74) is 2.89. The van der Waals surface area contributed by atoms with Gasteiger partial charge in [0, 0.05) is 24.7 Å². The maximum absolute atomic E-state index is 12.9. The summed E-state index contributed by atoms with van der Waals surface area (Å²) in [6.07, 6.45) is 3.91. The fourth-order valence-corrected chi connectivity index (χ4v) is 3.22. The van der Waals surface area contributed by atoms with Crippen LogP contribution in [-0.4, -0.2) is 10.9 Å². The largest absolute Gasteiger partial charge is 0.347 e. The Bertz CT molecular complexity index is 790. The van der Waals surface area contributed by atoms with Crippen molar-refractivity contribution in [2.75, 3.05) is 0 Å². The molecule has 0 aliphatic heterocycles. The van der Waals surface area contributed by atoms with Crippen LogP contribution in [0.3, 0.4) is 0 Å². The fraction of sp³-hybridized carbons (Fsp3) is 0.217. The van der Waals surface area contributed by atoms with Gasteiger partial charge in [-0.1, -0.05) is 60.7 Å². The molecule has 2 aromatic carbocycles. The van der Waals surface area contributed by atoms with Crippen LogP contribution < -0.4 is 5.32 Å². The zero-order chi connectivity index (χ0) is 18.4. The Morgan fingerprint density at radius 2 is 1.38 bits per heavy atom. The summed E-state index contributed by atoms with van der Waals surface area (Å²) >= 11 is 0. The highest BCUT2D eigenvalue weighted by Gasteiger charge is 2.25. The number of hydrogen-bond donors (Lipinski definition) is 1. The average Bonchev–Trinajstić information content (AvgIpc) is 2.68. The molecule has 0 atom stereocenters. The Morgan fingerprint density at radius 1 is 0.885 bits per heavy atom. The number of benzene rings is 2. The Kier molecular flexibility index (Phi) is 5.47. The van der Waals surface area contributed by atoms with Crippen molar-refractivity contribution in [3.8, 4) is 0 Å². The van der Waals surface area contributed by atoms with Crippen LogP contribution in [0, 0.1) is 0 Å². The Balaban J connectivity index is 1.80. The second kappa shape index (κ2) is 7.96. The molecular formula is C23H24N2O. The molecule has 0 aliphatic rings. The molecule has 3 nitrogen and oxygen atoms in total. The molecule has 3 rings (SSSR count). The molecule has 132 valence electrons. The molecule has 1 heterocycles. The highest BCUT2D eigenvalue weighted by atomic mass is 16.1. The maximum atomic E-state index is 12.9. The summed E-state index contributed by atoms with van der Waals surface area (Å²) in [7, 11) is 0. The van der Waals surface area contributed by atoms with Crippen molar-refractivity contribution in [3.05, 3.63) is 102 Å². The first-order valence-corrected chi connectivity index (χ1v) is 8.88. The number of carbonyl (C=O) groups excluding carboxylic acids is 1. The minimum atomic E-state index is -0.446. The van der Waals surface area contributed by atoms with E-state index in [1.165, 1.54) is 0 Å². The molecule has 1 N–H and O–H groups in total. The predicted octanol–water partition coefficient (Wildman–Crippen LogP) is 4.66. The first-order chi connectivity index (χ1) is 12.6. The van der Waals surface area contributed by atoms with Gasteiger partial charge in [0.1, 0.15) is 0 Å². The topological polar surface area (TPSA) is 42.0 Å². The Labute approximate surface area is 155 Å². The second-order valence-electron chi connectivity index (χ2n) is 6.99. The molecule has 1 aromatic heterocycles. The first-order valence-electron chi connectivity index (χ1n) is 8.88. The summed E-state index contributed by atoms with van der Waals surface area (Å²) in [5, 5.41) is 3.18. The maximum Gasteiger partial charge on any atom is 0.221 e. The molecule has 26 heavy (non-hydrogen) atoms. The van der Waals surface area contributed by atoms with Crippen LogP contribution in [0.25, 0.3) is 0 Å². The Hall–Kier alpha value is -2.94. The van der Waals surface area contributed by atoms with Crippen molar-refractivity contribution >= 4 is 5.91 Å². The summed E-state index contributed by atoms with van der Waals surface area (Å²) < 4.78 is 0. The molecule has 0 radical (unpaired) electrons. The van der Waals surface area contributed by atoms with Gasteiger partial charge in [-0.25, -0.2) is 0 Å². The molecule has 1 amide bonds. The molecule has 0 saturated heterocycles. The summed E-state index contributed by atoms with van der Waals surface area (Å²) in [4.78, 5) is 16.9. The highest BCUT2D eigenvalue weighted by molar-refractivity contribution is 5.78. The number of amides is 1. The van der Waals surface area contributed by atoms with E-state index in [0.717, 1.165) is 16.7 Å².